The zero-order chi connectivity index (χ0) is 19.4. The molecule has 0 unspecified atom stereocenters. The second kappa shape index (κ2) is 7.74. The predicted molar refractivity (Wildman–Crippen MR) is 91.0 cm³/mol. The first-order chi connectivity index (χ1) is 12.2. The van der Waals surface area contributed by atoms with Gasteiger partial charge in [-0.25, -0.2) is 4.79 Å². The maximum atomic E-state index is 12.1. The first-order valence-electron chi connectivity index (χ1n) is 7.23. The maximum absolute atomic E-state index is 12.1. The van der Waals surface area contributed by atoms with Crippen molar-refractivity contribution in [3.8, 4) is 0 Å². The molecule has 3 N–H and O–H groups in total. The molecule has 0 bridgehead atoms. The van der Waals surface area contributed by atoms with Crippen LogP contribution in [0.5, 0.6) is 0 Å². The number of nitrogens with zero attached hydrogens (tertiary/aromatic N) is 3. The molecule has 2 aromatic heterocycles. The van der Waals surface area contributed by atoms with Crippen molar-refractivity contribution in [3.63, 3.8) is 0 Å². The van der Waals surface area contributed by atoms with Crippen LogP contribution in [0.25, 0.3) is 0 Å². The fraction of sp³-hybridized carbons (Fsp3) is 0.286. The predicted octanol–water partition coefficient (Wildman–Crippen LogP) is 1.08. The second-order valence-corrected chi connectivity index (χ2v) is 6.13. The molecule has 2 heterocycles. The van der Waals surface area contributed by atoms with Gasteiger partial charge in [0.15, 0.2) is 0 Å². The highest BCUT2D eigenvalue weighted by Gasteiger charge is 2.25. The molecule has 0 radical (unpaired) electrons. The SMILES string of the molecule is COC(=O)c1c(NC(=O)CCn2ccc([N+](=O)[O-])n2)sc(C(N)=O)c1C. The van der Waals surface area contributed by atoms with Crippen LogP contribution in [0.1, 0.15) is 32.0 Å². The number of hydrogen-bond donors (Lipinski definition) is 2. The Morgan fingerprint density at radius 3 is 2.69 bits per heavy atom. The summed E-state index contributed by atoms with van der Waals surface area (Å²) in [7, 11) is 1.18. The van der Waals surface area contributed by atoms with Gasteiger partial charge in [0, 0.05) is 6.42 Å². The number of ether oxygens (including phenoxy) is 1. The number of nitrogens with one attached hydrogen (secondary N) is 1. The highest BCUT2D eigenvalue weighted by atomic mass is 32.1. The van der Waals surface area contributed by atoms with Crippen molar-refractivity contribution in [3.05, 3.63) is 38.4 Å². The second-order valence-electron chi connectivity index (χ2n) is 5.11. The van der Waals surface area contributed by atoms with Gasteiger partial charge in [-0.15, -0.1) is 11.3 Å². The van der Waals surface area contributed by atoms with E-state index in [0.717, 1.165) is 11.3 Å². The first kappa shape index (κ1) is 19.1. The van der Waals surface area contributed by atoms with E-state index in [-0.39, 0.29) is 34.2 Å². The summed E-state index contributed by atoms with van der Waals surface area (Å²) in [6, 6.07) is 1.22. The number of carbonyl (C=O) groups excluding carboxylic acids is 3. The number of carbonyl (C=O) groups is 3. The molecule has 0 spiro atoms. The van der Waals surface area contributed by atoms with Gasteiger partial charge in [0.2, 0.25) is 5.91 Å². The molecule has 0 aromatic carbocycles. The smallest absolute Gasteiger partial charge is 0.389 e. The Morgan fingerprint density at radius 2 is 2.15 bits per heavy atom. The van der Waals surface area contributed by atoms with Crippen LogP contribution in [0.3, 0.4) is 0 Å². The first-order valence-corrected chi connectivity index (χ1v) is 8.05. The van der Waals surface area contributed by atoms with Crippen molar-refractivity contribution in [1.82, 2.24) is 9.78 Å². The van der Waals surface area contributed by atoms with E-state index in [1.807, 2.05) is 0 Å². The van der Waals surface area contributed by atoms with Gasteiger partial charge in [0.25, 0.3) is 5.91 Å². The third-order valence-corrected chi connectivity index (χ3v) is 4.62. The van der Waals surface area contributed by atoms with E-state index in [1.54, 1.807) is 0 Å². The molecule has 26 heavy (non-hydrogen) atoms. The van der Waals surface area contributed by atoms with Crippen LogP contribution in [0.4, 0.5) is 10.8 Å². The molecule has 0 aliphatic rings. The third kappa shape index (κ3) is 4.03. The summed E-state index contributed by atoms with van der Waals surface area (Å²) < 4.78 is 5.93. The molecule has 0 fully saturated rings. The van der Waals surface area contributed by atoms with E-state index in [9.17, 15) is 24.5 Å². The van der Waals surface area contributed by atoms with Gasteiger partial charge in [0.05, 0.1) is 41.5 Å². The normalized spacial score (nSPS) is 10.4. The topological polar surface area (TPSA) is 159 Å². The van der Waals surface area contributed by atoms with Crippen molar-refractivity contribution in [2.45, 2.75) is 19.9 Å². The number of aromatic nitrogens is 2. The van der Waals surface area contributed by atoms with Crippen molar-refractivity contribution < 1.29 is 24.0 Å². The molecule has 0 saturated carbocycles. The Bertz CT molecular complexity index is 887. The fourth-order valence-electron chi connectivity index (χ4n) is 2.16. The molecule has 0 atom stereocenters. The van der Waals surface area contributed by atoms with Crippen LogP contribution in [-0.4, -0.2) is 39.6 Å². The molecule has 0 saturated heterocycles. The molecule has 138 valence electrons. The average Bonchev–Trinajstić information content (AvgIpc) is 3.17. The molecule has 2 aromatic rings. The number of nitrogens with two attached hydrogens (primary N) is 1. The number of aryl methyl sites for hydroxylation is 1. The fourth-order valence-corrected chi connectivity index (χ4v) is 3.23. The van der Waals surface area contributed by atoms with Gasteiger partial charge in [-0.2, -0.15) is 4.68 Å². The quantitative estimate of drug-likeness (QED) is 0.412. The Labute approximate surface area is 150 Å². The van der Waals surface area contributed by atoms with E-state index >= 15 is 0 Å². The molecule has 2 rings (SSSR count). The Balaban J connectivity index is 2.12. The summed E-state index contributed by atoms with van der Waals surface area (Å²) >= 11 is 0.877. The van der Waals surface area contributed by atoms with Crippen LogP contribution >= 0.6 is 11.3 Å². The lowest BCUT2D eigenvalue weighted by molar-refractivity contribution is -0.389. The average molecular weight is 381 g/mol. The number of anilines is 1. The van der Waals surface area contributed by atoms with Crippen molar-refractivity contribution >= 4 is 39.9 Å². The van der Waals surface area contributed by atoms with Crippen molar-refractivity contribution in [2.24, 2.45) is 5.73 Å². The lowest BCUT2D eigenvalue weighted by atomic mass is 10.1. The van der Waals surface area contributed by atoms with Crippen molar-refractivity contribution in [1.29, 1.82) is 0 Å². The molecule has 12 heteroatoms. The highest BCUT2D eigenvalue weighted by Crippen LogP contribution is 2.33. The Morgan fingerprint density at radius 1 is 1.46 bits per heavy atom. The van der Waals surface area contributed by atoms with Gasteiger partial charge in [-0.05, 0) is 17.4 Å². The molecular weight excluding hydrogens is 366 g/mol. The molecule has 11 nitrogen and oxygen atoms in total. The number of rotatable bonds is 7. The number of primary amides is 1. The molecule has 0 aliphatic carbocycles. The largest absolute Gasteiger partial charge is 0.465 e. The number of thiophene rings is 1. The number of hydrogen-bond acceptors (Lipinski definition) is 8. The minimum atomic E-state index is -0.720. The Kier molecular flexibility index (Phi) is 5.67. The zero-order valence-electron chi connectivity index (χ0n) is 13.8. The van der Waals surface area contributed by atoms with Gasteiger partial charge in [-0.1, -0.05) is 0 Å². The summed E-state index contributed by atoms with van der Waals surface area (Å²) in [5.74, 6) is -2.21. The minimum Gasteiger partial charge on any atom is -0.465 e. The lowest BCUT2D eigenvalue weighted by Crippen LogP contribution is -2.16. The van der Waals surface area contributed by atoms with Crippen LogP contribution in [0, 0.1) is 17.0 Å². The zero-order valence-corrected chi connectivity index (χ0v) is 14.7. The van der Waals surface area contributed by atoms with E-state index in [4.69, 9.17) is 5.73 Å². The third-order valence-electron chi connectivity index (χ3n) is 3.39. The van der Waals surface area contributed by atoms with Gasteiger partial charge < -0.3 is 25.9 Å². The standard InChI is InChI=1S/C14H15N5O6S/c1-7-10(14(22)25-2)13(26-11(7)12(15)21)16-9(20)4-6-18-5-3-8(17-18)19(23)24/h3,5H,4,6H2,1-2H3,(H2,15,21)(H,16,20). The maximum Gasteiger partial charge on any atom is 0.389 e. The van der Waals surface area contributed by atoms with E-state index in [1.165, 1.54) is 31.0 Å². The van der Waals surface area contributed by atoms with Crippen LogP contribution in [-0.2, 0) is 16.1 Å². The summed E-state index contributed by atoms with van der Waals surface area (Å²) in [5.41, 5.74) is 5.66. The highest BCUT2D eigenvalue weighted by molar-refractivity contribution is 7.18. The number of nitro groups is 1. The van der Waals surface area contributed by atoms with Crippen LogP contribution < -0.4 is 11.1 Å². The monoisotopic (exact) mass is 381 g/mol. The summed E-state index contributed by atoms with van der Waals surface area (Å²) in [6.45, 7) is 1.63. The lowest BCUT2D eigenvalue weighted by Gasteiger charge is -2.05. The molecule has 0 aliphatic heterocycles. The Hall–Kier alpha value is -3.28. The van der Waals surface area contributed by atoms with Crippen molar-refractivity contribution in [2.75, 3.05) is 12.4 Å². The summed E-state index contributed by atoms with van der Waals surface area (Å²) in [5, 5.41) is 17.0. The van der Waals surface area contributed by atoms with Gasteiger partial charge in [0.1, 0.15) is 5.00 Å². The van der Waals surface area contributed by atoms with Crippen LogP contribution in [0.2, 0.25) is 0 Å². The van der Waals surface area contributed by atoms with Crippen LogP contribution in [0.15, 0.2) is 12.3 Å². The molecular formula is C14H15N5O6S. The van der Waals surface area contributed by atoms with E-state index < -0.39 is 22.7 Å². The minimum absolute atomic E-state index is 0.0533. The van der Waals surface area contributed by atoms with E-state index in [0.29, 0.717) is 5.56 Å². The summed E-state index contributed by atoms with van der Waals surface area (Å²) in [4.78, 5) is 45.6. The van der Waals surface area contributed by atoms with E-state index in [2.05, 4.69) is 15.2 Å². The van der Waals surface area contributed by atoms with Gasteiger partial charge >= 0.3 is 11.8 Å². The number of methoxy groups -OCH3 is 1. The number of amides is 2. The van der Waals surface area contributed by atoms with Gasteiger partial charge in [-0.3, -0.25) is 9.59 Å². The molecule has 2 amide bonds. The summed E-state index contributed by atoms with van der Waals surface area (Å²) in [6.07, 6.45) is 1.33. The number of esters is 1.